The van der Waals surface area contributed by atoms with Crippen molar-refractivity contribution in [2.45, 2.75) is 38.5 Å². The van der Waals surface area contributed by atoms with E-state index in [1.165, 1.54) is 17.8 Å². The predicted octanol–water partition coefficient (Wildman–Crippen LogP) is 5.14. The molecule has 180 valence electrons. The SMILES string of the molecule is CCn1c(SCC(=O)Nc2cc(C)ccc2OC)nnc1C(C)NC(=O)c1ccc(Cl)cc1Cl. The monoisotopic (exact) mass is 521 g/mol. The van der Waals surface area contributed by atoms with Crippen LogP contribution >= 0.6 is 35.0 Å². The Morgan fingerprint density at radius 2 is 1.94 bits per heavy atom. The molecule has 1 atom stereocenters. The number of nitrogens with zero attached hydrogens (tertiary/aromatic N) is 3. The van der Waals surface area contributed by atoms with Gasteiger partial charge in [-0.15, -0.1) is 10.2 Å². The van der Waals surface area contributed by atoms with Gasteiger partial charge in [0.15, 0.2) is 11.0 Å². The molecule has 1 unspecified atom stereocenters. The Labute approximate surface area is 212 Å². The van der Waals surface area contributed by atoms with Gasteiger partial charge in [0.05, 0.1) is 35.2 Å². The standard InChI is InChI=1S/C23H25Cl2N5O3S/c1-5-30-21(14(3)26-22(32)16-8-7-15(24)11-17(16)25)28-29-23(30)34-12-20(31)27-18-10-13(2)6-9-19(18)33-4/h6-11,14H,5,12H2,1-4H3,(H,26,32)(H,27,31). The first-order chi connectivity index (χ1) is 16.2. The van der Waals surface area contributed by atoms with Crippen LogP contribution in [0.1, 0.15) is 41.6 Å². The van der Waals surface area contributed by atoms with E-state index in [-0.39, 0.29) is 22.6 Å². The second-order valence-corrected chi connectivity index (χ2v) is 9.23. The lowest BCUT2D eigenvalue weighted by molar-refractivity contribution is -0.113. The van der Waals surface area contributed by atoms with Crippen molar-refractivity contribution in [2.75, 3.05) is 18.2 Å². The summed E-state index contributed by atoms with van der Waals surface area (Å²) in [6.45, 7) is 6.26. The summed E-state index contributed by atoms with van der Waals surface area (Å²) in [6.07, 6.45) is 0. The second-order valence-electron chi connectivity index (χ2n) is 7.44. The Morgan fingerprint density at radius 3 is 2.62 bits per heavy atom. The van der Waals surface area contributed by atoms with Gasteiger partial charge >= 0.3 is 0 Å². The van der Waals surface area contributed by atoms with Crippen LogP contribution in [-0.4, -0.2) is 39.4 Å². The summed E-state index contributed by atoms with van der Waals surface area (Å²) in [5.41, 5.74) is 1.94. The summed E-state index contributed by atoms with van der Waals surface area (Å²) in [5.74, 6) is 0.758. The molecule has 2 aromatic carbocycles. The Morgan fingerprint density at radius 1 is 1.18 bits per heavy atom. The first kappa shape index (κ1) is 25.9. The molecule has 8 nitrogen and oxygen atoms in total. The third kappa shape index (κ3) is 6.22. The third-order valence-electron chi connectivity index (χ3n) is 4.93. The summed E-state index contributed by atoms with van der Waals surface area (Å²) >= 11 is 13.3. The topological polar surface area (TPSA) is 98.1 Å². The zero-order valence-electron chi connectivity index (χ0n) is 19.2. The molecule has 0 aliphatic rings. The van der Waals surface area contributed by atoms with Gasteiger partial charge in [-0.05, 0) is 56.7 Å². The lowest BCUT2D eigenvalue weighted by Gasteiger charge is -2.16. The predicted molar refractivity (Wildman–Crippen MR) is 135 cm³/mol. The fourth-order valence-electron chi connectivity index (χ4n) is 3.27. The van der Waals surface area contributed by atoms with Gasteiger partial charge in [-0.1, -0.05) is 41.0 Å². The maximum Gasteiger partial charge on any atom is 0.253 e. The largest absolute Gasteiger partial charge is 0.495 e. The van der Waals surface area contributed by atoms with E-state index < -0.39 is 6.04 Å². The van der Waals surface area contributed by atoms with Gasteiger partial charge in [0.1, 0.15) is 5.75 Å². The molecule has 0 radical (unpaired) electrons. The summed E-state index contributed by atoms with van der Waals surface area (Å²) < 4.78 is 7.17. The van der Waals surface area contributed by atoms with E-state index in [1.807, 2.05) is 43.5 Å². The zero-order chi connectivity index (χ0) is 24.8. The van der Waals surface area contributed by atoms with Crippen LogP contribution in [0.4, 0.5) is 5.69 Å². The molecule has 3 rings (SSSR count). The van der Waals surface area contributed by atoms with E-state index in [1.54, 1.807) is 19.2 Å². The normalized spacial score (nSPS) is 11.7. The Balaban J connectivity index is 1.66. The number of carbonyl (C=O) groups excluding carboxylic acids is 2. The van der Waals surface area contributed by atoms with Crippen molar-refractivity contribution in [3.63, 3.8) is 0 Å². The average molecular weight is 522 g/mol. The Hall–Kier alpha value is -2.75. The highest BCUT2D eigenvalue weighted by Crippen LogP contribution is 2.27. The van der Waals surface area contributed by atoms with Crippen LogP contribution in [0.5, 0.6) is 5.75 Å². The van der Waals surface area contributed by atoms with Gasteiger partial charge in [-0.25, -0.2) is 0 Å². The van der Waals surface area contributed by atoms with Crippen molar-refractivity contribution in [2.24, 2.45) is 0 Å². The number of anilines is 1. The summed E-state index contributed by atoms with van der Waals surface area (Å²) in [7, 11) is 1.56. The van der Waals surface area contributed by atoms with Crippen LogP contribution in [-0.2, 0) is 11.3 Å². The number of hydrogen-bond donors (Lipinski definition) is 2. The van der Waals surface area contributed by atoms with Crippen molar-refractivity contribution in [3.8, 4) is 5.75 Å². The number of amides is 2. The number of thioether (sulfide) groups is 1. The molecule has 1 heterocycles. The highest BCUT2D eigenvalue weighted by Gasteiger charge is 2.21. The summed E-state index contributed by atoms with van der Waals surface area (Å²) in [6, 6.07) is 9.83. The number of ether oxygens (including phenoxy) is 1. The van der Waals surface area contributed by atoms with Crippen LogP contribution in [0.15, 0.2) is 41.6 Å². The highest BCUT2D eigenvalue weighted by atomic mass is 35.5. The number of aryl methyl sites for hydroxylation is 1. The van der Waals surface area contributed by atoms with Gasteiger partial charge in [0.2, 0.25) is 5.91 Å². The van der Waals surface area contributed by atoms with Gasteiger partial charge in [0.25, 0.3) is 5.91 Å². The molecule has 3 aromatic rings. The van der Waals surface area contributed by atoms with E-state index in [0.29, 0.717) is 39.5 Å². The molecule has 0 aliphatic carbocycles. The quantitative estimate of drug-likeness (QED) is 0.378. The smallest absolute Gasteiger partial charge is 0.253 e. The number of hydrogen-bond acceptors (Lipinski definition) is 6. The molecule has 0 saturated carbocycles. The number of rotatable bonds is 9. The van der Waals surface area contributed by atoms with Gasteiger partial charge in [0, 0.05) is 11.6 Å². The fraction of sp³-hybridized carbons (Fsp3) is 0.304. The maximum absolute atomic E-state index is 12.7. The number of methoxy groups -OCH3 is 1. The minimum absolute atomic E-state index is 0.135. The van der Waals surface area contributed by atoms with Crippen molar-refractivity contribution in [1.29, 1.82) is 0 Å². The minimum atomic E-state index is -0.438. The third-order valence-corrected chi connectivity index (χ3v) is 6.45. The van der Waals surface area contributed by atoms with Crippen molar-refractivity contribution in [1.82, 2.24) is 20.1 Å². The van der Waals surface area contributed by atoms with Crippen molar-refractivity contribution < 1.29 is 14.3 Å². The Bertz CT molecular complexity index is 1200. The lowest BCUT2D eigenvalue weighted by Crippen LogP contribution is -2.29. The van der Waals surface area contributed by atoms with E-state index >= 15 is 0 Å². The molecule has 0 aliphatic heterocycles. The minimum Gasteiger partial charge on any atom is -0.495 e. The van der Waals surface area contributed by atoms with Gasteiger partial charge in [-0.2, -0.15) is 0 Å². The molecule has 1 aromatic heterocycles. The van der Waals surface area contributed by atoms with Crippen molar-refractivity contribution >= 4 is 52.5 Å². The number of nitrogens with one attached hydrogen (secondary N) is 2. The summed E-state index contributed by atoms with van der Waals surface area (Å²) in [5, 5.41) is 15.5. The molecule has 11 heteroatoms. The van der Waals surface area contributed by atoms with Crippen LogP contribution in [0.3, 0.4) is 0 Å². The Kier molecular flexibility index (Phi) is 8.82. The molecule has 34 heavy (non-hydrogen) atoms. The zero-order valence-corrected chi connectivity index (χ0v) is 21.5. The molecular formula is C23H25Cl2N5O3S. The molecule has 0 spiro atoms. The number of halogens is 2. The average Bonchev–Trinajstić information content (AvgIpc) is 3.21. The van der Waals surface area contributed by atoms with E-state index in [9.17, 15) is 9.59 Å². The number of aromatic nitrogens is 3. The number of carbonyl (C=O) groups is 2. The molecule has 2 N–H and O–H groups in total. The van der Waals surface area contributed by atoms with Crippen LogP contribution < -0.4 is 15.4 Å². The molecular weight excluding hydrogens is 497 g/mol. The van der Waals surface area contributed by atoms with E-state index in [4.69, 9.17) is 27.9 Å². The van der Waals surface area contributed by atoms with E-state index in [2.05, 4.69) is 20.8 Å². The first-order valence-electron chi connectivity index (χ1n) is 10.5. The van der Waals surface area contributed by atoms with Gasteiger partial charge < -0.3 is 19.9 Å². The van der Waals surface area contributed by atoms with Crippen molar-refractivity contribution in [3.05, 3.63) is 63.4 Å². The maximum atomic E-state index is 12.7. The second kappa shape index (κ2) is 11.6. The lowest BCUT2D eigenvalue weighted by atomic mass is 10.2. The molecule has 2 amide bonds. The van der Waals surface area contributed by atoms with Crippen LogP contribution in [0.25, 0.3) is 0 Å². The van der Waals surface area contributed by atoms with Gasteiger partial charge in [-0.3, -0.25) is 9.59 Å². The molecule has 0 bridgehead atoms. The molecule has 0 saturated heterocycles. The highest BCUT2D eigenvalue weighted by molar-refractivity contribution is 7.99. The van der Waals surface area contributed by atoms with Crippen LogP contribution in [0.2, 0.25) is 10.0 Å². The number of benzene rings is 2. The van der Waals surface area contributed by atoms with E-state index in [0.717, 1.165) is 5.56 Å². The fourth-order valence-corrected chi connectivity index (χ4v) is 4.58. The molecule has 0 fully saturated rings. The summed E-state index contributed by atoms with van der Waals surface area (Å²) in [4.78, 5) is 25.2. The first-order valence-corrected chi connectivity index (χ1v) is 12.2. The van der Waals surface area contributed by atoms with Crippen LogP contribution in [0, 0.1) is 6.92 Å².